The number of carbonyl (C=O) groups excluding carboxylic acids is 1. The number of nitrogens with zero attached hydrogens (tertiary/aromatic N) is 2. The number of fused-ring (bicyclic) bond motifs is 1. The summed E-state index contributed by atoms with van der Waals surface area (Å²) in [7, 11) is 1.23. The van der Waals surface area contributed by atoms with E-state index in [-0.39, 0.29) is 29.4 Å². The van der Waals surface area contributed by atoms with Gasteiger partial charge in [0.15, 0.2) is 5.82 Å². The van der Waals surface area contributed by atoms with E-state index >= 15 is 0 Å². The average Bonchev–Trinajstić information content (AvgIpc) is 2.77. The van der Waals surface area contributed by atoms with Crippen molar-refractivity contribution in [3.05, 3.63) is 53.0 Å². The zero-order valence-electron chi connectivity index (χ0n) is 13.5. The van der Waals surface area contributed by atoms with E-state index in [1.165, 1.54) is 38.3 Å². The molecule has 1 aromatic heterocycles. The number of aromatic nitrogens is 1. The molecule has 1 N–H and O–H groups in total. The third-order valence-corrected chi connectivity index (χ3v) is 4.03. The van der Waals surface area contributed by atoms with Gasteiger partial charge in [-0.2, -0.15) is 8.78 Å². The molecule has 1 aliphatic heterocycles. The highest BCUT2D eigenvalue weighted by molar-refractivity contribution is 6.06. The predicted octanol–water partition coefficient (Wildman–Crippen LogP) is 2.92. The van der Waals surface area contributed by atoms with Crippen molar-refractivity contribution in [1.82, 2.24) is 4.98 Å². The quantitative estimate of drug-likeness (QED) is 0.919. The van der Waals surface area contributed by atoms with Gasteiger partial charge in [0.25, 0.3) is 0 Å². The molecule has 0 radical (unpaired) electrons. The largest absolute Gasteiger partial charge is 0.479 e. The number of aliphatic hydroxyl groups excluding tert-OH is 1. The molecule has 2 aromatic rings. The molecule has 0 bridgehead atoms. The number of pyridine rings is 1. The Morgan fingerprint density at radius 2 is 2.04 bits per heavy atom. The van der Waals surface area contributed by atoms with Crippen LogP contribution in [0.3, 0.4) is 0 Å². The highest BCUT2D eigenvalue weighted by Crippen LogP contribution is 2.47. The van der Waals surface area contributed by atoms with E-state index in [0.717, 1.165) is 11.0 Å². The van der Waals surface area contributed by atoms with E-state index in [1.54, 1.807) is 0 Å². The van der Waals surface area contributed by atoms with E-state index in [9.17, 15) is 23.1 Å². The fraction of sp³-hybridized carbons (Fsp3) is 0.294. The summed E-state index contributed by atoms with van der Waals surface area (Å²) in [6, 6.07) is 6.60. The maximum Gasteiger partial charge on any atom is 0.352 e. The summed E-state index contributed by atoms with van der Waals surface area (Å²) in [5, 5.41) is 9.75. The SMILES string of the molecule is COc1nc(CN2C(=O)C(F)(F)c3c([C@H](C)O)cccc32)ccc1F. The van der Waals surface area contributed by atoms with Crippen LogP contribution in [0.5, 0.6) is 5.88 Å². The Balaban J connectivity index is 2.05. The predicted molar refractivity (Wildman–Crippen MR) is 82.9 cm³/mol. The van der Waals surface area contributed by atoms with Crippen LogP contribution in [0.1, 0.15) is 29.8 Å². The Hall–Kier alpha value is -2.61. The van der Waals surface area contributed by atoms with Crippen LogP contribution in [0.25, 0.3) is 0 Å². The van der Waals surface area contributed by atoms with Gasteiger partial charge in [0.2, 0.25) is 5.88 Å². The van der Waals surface area contributed by atoms with Crippen molar-refractivity contribution in [3.8, 4) is 5.88 Å². The topological polar surface area (TPSA) is 62.7 Å². The first-order chi connectivity index (χ1) is 11.8. The normalized spacial score (nSPS) is 16.7. The van der Waals surface area contributed by atoms with Crippen LogP contribution in [-0.2, 0) is 17.3 Å². The summed E-state index contributed by atoms with van der Waals surface area (Å²) in [6.07, 6.45) is -1.15. The van der Waals surface area contributed by atoms with Crippen molar-refractivity contribution in [2.45, 2.75) is 25.5 Å². The molecule has 0 spiro atoms. The van der Waals surface area contributed by atoms with E-state index in [1.807, 2.05) is 0 Å². The van der Waals surface area contributed by atoms with Crippen LogP contribution in [0, 0.1) is 5.82 Å². The number of amides is 1. The smallest absolute Gasteiger partial charge is 0.352 e. The van der Waals surface area contributed by atoms with Gasteiger partial charge in [0, 0.05) is 0 Å². The number of methoxy groups -OCH3 is 1. The Morgan fingerprint density at radius 3 is 2.68 bits per heavy atom. The number of ether oxygens (including phenoxy) is 1. The number of carbonyl (C=O) groups is 1. The molecule has 1 atom stereocenters. The molecule has 1 aromatic carbocycles. The second-order valence-corrected chi connectivity index (χ2v) is 5.68. The molecule has 25 heavy (non-hydrogen) atoms. The summed E-state index contributed by atoms with van der Waals surface area (Å²) in [5.41, 5.74) is -0.330. The second kappa shape index (κ2) is 6.03. The Morgan fingerprint density at radius 1 is 1.32 bits per heavy atom. The molecule has 0 fully saturated rings. The van der Waals surface area contributed by atoms with Crippen molar-refractivity contribution >= 4 is 11.6 Å². The minimum atomic E-state index is -3.76. The summed E-state index contributed by atoms with van der Waals surface area (Å²) in [4.78, 5) is 17.0. The number of rotatable bonds is 4. The maximum atomic E-state index is 14.5. The van der Waals surface area contributed by atoms with Gasteiger partial charge in [-0.25, -0.2) is 9.37 Å². The van der Waals surface area contributed by atoms with Gasteiger partial charge in [-0.15, -0.1) is 0 Å². The van der Waals surface area contributed by atoms with Gasteiger partial charge in [-0.3, -0.25) is 4.79 Å². The summed E-state index contributed by atoms with van der Waals surface area (Å²) >= 11 is 0. The molecule has 1 aliphatic rings. The van der Waals surface area contributed by atoms with Crippen molar-refractivity contribution in [2.24, 2.45) is 0 Å². The zero-order chi connectivity index (χ0) is 18.4. The first-order valence-electron chi connectivity index (χ1n) is 7.48. The first kappa shape index (κ1) is 17.2. The van der Waals surface area contributed by atoms with E-state index in [4.69, 9.17) is 4.74 Å². The number of hydrogen-bond donors (Lipinski definition) is 1. The molecule has 3 rings (SSSR count). The highest BCUT2D eigenvalue weighted by Gasteiger charge is 2.54. The molecule has 132 valence electrons. The van der Waals surface area contributed by atoms with Gasteiger partial charge < -0.3 is 14.7 Å². The van der Waals surface area contributed by atoms with Crippen molar-refractivity contribution in [3.63, 3.8) is 0 Å². The molecule has 5 nitrogen and oxygen atoms in total. The summed E-state index contributed by atoms with van der Waals surface area (Å²) in [5.74, 6) is -6.15. The third kappa shape index (κ3) is 2.72. The lowest BCUT2D eigenvalue weighted by atomic mass is 9.98. The number of benzene rings is 1. The Kier molecular flexibility index (Phi) is 4.16. The molecule has 0 saturated carbocycles. The van der Waals surface area contributed by atoms with Crippen LogP contribution in [0.4, 0.5) is 18.9 Å². The standard InChI is InChI=1S/C17H15F3N2O3/c1-9(23)11-4-3-5-13-14(11)17(19,20)16(24)22(13)8-10-6-7-12(18)15(21-10)25-2/h3-7,9,23H,8H2,1-2H3/t9-/m0/s1. The van der Waals surface area contributed by atoms with Crippen LogP contribution >= 0.6 is 0 Å². The Bertz CT molecular complexity index is 840. The van der Waals surface area contributed by atoms with Gasteiger partial charge in [0.1, 0.15) is 0 Å². The van der Waals surface area contributed by atoms with E-state index in [0.29, 0.717) is 0 Å². The molecule has 0 saturated heterocycles. The minimum Gasteiger partial charge on any atom is -0.479 e. The van der Waals surface area contributed by atoms with Gasteiger partial charge in [0.05, 0.1) is 36.7 Å². The van der Waals surface area contributed by atoms with Crippen LogP contribution in [0.15, 0.2) is 30.3 Å². The molecule has 1 amide bonds. The van der Waals surface area contributed by atoms with Crippen molar-refractivity contribution in [1.29, 1.82) is 0 Å². The highest BCUT2D eigenvalue weighted by atomic mass is 19.3. The van der Waals surface area contributed by atoms with Crippen LogP contribution < -0.4 is 9.64 Å². The minimum absolute atomic E-state index is 0.00140. The molecular formula is C17H15F3N2O3. The van der Waals surface area contributed by atoms with Gasteiger partial charge in [-0.05, 0) is 30.7 Å². The first-order valence-corrected chi connectivity index (χ1v) is 7.48. The maximum absolute atomic E-state index is 14.5. The second-order valence-electron chi connectivity index (χ2n) is 5.68. The number of halogens is 3. The third-order valence-electron chi connectivity index (χ3n) is 4.03. The molecule has 0 unspecified atom stereocenters. The van der Waals surface area contributed by atoms with E-state index in [2.05, 4.69) is 4.98 Å². The van der Waals surface area contributed by atoms with Crippen LogP contribution in [-0.4, -0.2) is 23.1 Å². The molecular weight excluding hydrogens is 337 g/mol. The zero-order valence-corrected chi connectivity index (χ0v) is 13.5. The van der Waals surface area contributed by atoms with Gasteiger partial charge >= 0.3 is 11.8 Å². The summed E-state index contributed by atoms with van der Waals surface area (Å²) in [6.45, 7) is 1.08. The fourth-order valence-electron chi connectivity index (χ4n) is 2.87. The molecule has 8 heteroatoms. The van der Waals surface area contributed by atoms with Crippen molar-refractivity contribution in [2.75, 3.05) is 12.0 Å². The lowest BCUT2D eigenvalue weighted by Gasteiger charge is -2.17. The van der Waals surface area contributed by atoms with Crippen molar-refractivity contribution < 1.29 is 27.8 Å². The summed E-state index contributed by atoms with van der Waals surface area (Å²) < 4.78 is 47.2. The number of anilines is 1. The lowest BCUT2D eigenvalue weighted by molar-refractivity contribution is -0.141. The lowest BCUT2D eigenvalue weighted by Crippen LogP contribution is -2.34. The van der Waals surface area contributed by atoms with Crippen LogP contribution in [0.2, 0.25) is 0 Å². The molecule has 2 heterocycles. The van der Waals surface area contributed by atoms with E-state index < -0.39 is 29.3 Å². The number of aliphatic hydroxyl groups is 1. The number of hydrogen-bond acceptors (Lipinski definition) is 4. The monoisotopic (exact) mass is 352 g/mol. The average molecular weight is 352 g/mol. The number of alkyl halides is 2. The molecule has 0 aliphatic carbocycles. The van der Waals surface area contributed by atoms with Gasteiger partial charge in [-0.1, -0.05) is 12.1 Å². The fourth-order valence-corrected chi connectivity index (χ4v) is 2.87. The Labute approximate surface area is 141 Å².